The SMILES string of the molecule is CC#C[C@H](C)Oc1ccc(C(=O)Nc2ccc3c(c2)[C@@]2(C)N=C(N)C(C)(C)S(=O)(=O)[C@@H]2CCO3)nc1. The first-order chi connectivity index (χ1) is 16.9. The summed E-state index contributed by atoms with van der Waals surface area (Å²) in [5, 5.41) is 2.00. The molecule has 3 heterocycles. The van der Waals surface area contributed by atoms with Crippen molar-refractivity contribution in [1.82, 2.24) is 4.98 Å². The minimum absolute atomic E-state index is 0.0503. The predicted octanol–water partition coefficient (Wildman–Crippen LogP) is 3.06. The molecule has 2 aromatic rings. The predicted molar refractivity (Wildman–Crippen MR) is 138 cm³/mol. The van der Waals surface area contributed by atoms with E-state index in [1.165, 1.54) is 6.20 Å². The summed E-state index contributed by atoms with van der Waals surface area (Å²) < 4.78 is 37.3. The molecule has 0 saturated heterocycles. The lowest BCUT2D eigenvalue weighted by Gasteiger charge is -2.43. The third-order valence-electron chi connectivity index (χ3n) is 6.73. The van der Waals surface area contributed by atoms with Crippen molar-refractivity contribution in [3.8, 4) is 23.3 Å². The Kier molecular flexibility index (Phi) is 6.47. The summed E-state index contributed by atoms with van der Waals surface area (Å²) in [6.07, 6.45) is 1.44. The fourth-order valence-corrected chi connectivity index (χ4v) is 6.79. The number of amides is 1. The van der Waals surface area contributed by atoms with Crippen LogP contribution >= 0.6 is 0 Å². The molecule has 9 nitrogen and oxygen atoms in total. The third-order valence-corrected chi connectivity index (χ3v) is 9.81. The Hall–Kier alpha value is -3.58. The van der Waals surface area contributed by atoms with Crippen molar-refractivity contribution in [3.05, 3.63) is 47.8 Å². The fraction of sp³-hybridized carbons (Fsp3) is 0.423. The molecule has 0 bridgehead atoms. The number of anilines is 1. The van der Waals surface area contributed by atoms with Crippen LogP contribution in [-0.4, -0.2) is 47.9 Å². The summed E-state index contributed by atoms with van der Waals surface area (Å²) >= 11 is 0. The van der Waals surface area contributed by atoms with Gasteiger partial charge in [0.1, 0.15) is 33.3 Å². The normalized spacial score (nSPS) is 24.2. The van der Waals surface area contributed by atoms with E-state index in [1.807, 2.05) is 6.92 Å². The molecule has 1 aromatic heterocycles. The number of carbonyl (C=O) groups is 1. The first-order valence-electron chi connectivity index (χ1n) is 11.6. The van der Waals surface area contributed by atoms with Gasteiger partial charge in [0.2, 0.25) is 0 Å². The highest BCUT2D eigenvalue weighted by Crippen LogP contribution is 2.48. The van der Waals surface area contributed by atoms with Gasteiger partial charge in [-0.2, -0.15) is 0 Å². The Bertz CT molecular complexity index is 1390. The van der Waals surface area contributed by atoms with Crippen molar-refractivity contribution in [2.24, 2.45) is 10.7 Å². The molecule has 0 radical (unpaired) electrons. The van der Waals surface area contributed by atoms with Gasteiger partial charge in [0, 0.05) is 17.7 Å². The van der Waals surface area contributed by atoms with Crippen LogP contribution in [0.5, 0.6) is 11.5 Å². The summed E-state index contributed by atoms with van der Waals surface area (Å²) in [5.41, 5.74) is 6.20. The zero-order valence-electron chi connectivity index (χ0n) is 21.0. The van der Waals surface area contributed by atoms with Crippen molar-refractivity contribution >= 4 is 27.3 Å². The van der Waals surface area contributed by atoms with Crippen LogP contribution in [0.25, 0.3) is 0 Å². The van der Waals surface area contributed by atoms with E-state index in [4.69, 9.17) is 20.2 Å². The number of pyridine rings is 1. The number of aliphatic imine (C=N–C) groups is 1. The summed E-state index contributed by atoms with van der Waals surface area (Å²) in [7, 11) is -3.68. The quantitative estimate of drug-likeness (QED) is 0.604. The Labute approximate surface area is 211 Å². The minimum Gasteiger partial charge on any atom is -0.493 e. The highest BCUT2D eigenvalue weighted by atomic mass is 32.2. The average Bonchev–Trinajstić information content (AvgIpc) is 2.95. The van der Waals surface area contributed by atoms with Gasteiger partial charge >= 0.3 is 0 Å². The Balaban J connectivity index is 1.64. The Morgan fingerprint density at radius 3 is 2.69 bits per heavy atom. The number of hydrogen-bond donors (Lipinski definition) is 2. The molecule has 0 saturated carbocycles. The molecule has 4 rings (SSSR count). The smallest absolute Gasteiger partial charge is 0.274 e. The second-order valence-corrected chi connectivity index (χ2v) is 12.2. The molecule has 2 aliphatic heterocycles. The third kappa shape index (κ3) is 4.28. The number of ether oxygens (including phenoxy) is 2. The number of rotatable bonds is 4. The zero-order valence-corrected chi connectivity index (χ0v) is 21.8. The van der Waals surface area contributed by atoms with Crippen LogP contribution in [0, 0.1) is 11.8 Å². The van der Waals surface area contributed by atoms with Crippen LogP contribution in [0.1, 0.15) is 57.1 Å². The largest absolute Gasteiger partial charge is 0.493 e. The van der Waals surface area contributed by atoms with Crippen LogP contribution in [0.2, 0.25) is 0 Å². The number of sulfone groups is 1. The van der Waals surface area contributed by atoms with Gasteiger partial charge in [0.25, 0.3) is 5.91 Å². The van der Waals surface area contributed by atoms with Gasteiger partial charge in [-0.05, 0) is 65.0 Å². The lowest BCUT2D eigenvalue weighted by atomic mass is 9.86. The molecule has 2 aliphatic rings. The van der Waals surface area contributed by atoms with Gasteiger partial charge in [-0.3, -0.25) is 9.79 Å². The summed E-state index contributed by atoms with van der Waals surface area (Å²) in [6.45, 7) is 8.68. The second-order valence-electron chi connectivity index (χ2n) is 9.52. The van der Waals surface area contributed by atoms with Crippen molar-refractivity contribution in [2.75, 3.05) is 11.9 Å². The summed E-state index contributed by atoms with van der Waals surface area (Å²) in [4.78, 5) is 21.8. The van der Waals surface area contributed by atoms with Gasteiger partial charge in [-0.25, -0.2) is 13.4 Å². The number of nitrogens with one attached hydrogen (secondary N) is 1. The molecule has 36 heavy (non-hydrogen) atoms. The van der Waals surface area contributed by atoms with Gasteiger partial charge < -0.3 is 20.5 Å². The summed E-state index contributed by atoms with van der Waals surface area (Å²) in [6, 6.07) is 8.30. The summed E-state index contributed by atoms with van der Waals surface area (Å²) in [5.74, 6) is 6.30. The number of hydrogen-bond acceptors (Lipinski definition) is 8. The zero-order chi connectivity index (χ0) is 26.3. The number of fused-ring (bicyclic) bond motifs is 3. The van der Waals surface area contributed by atoms with E-state index in [1.54, 1.807) is 58.0 Å². The van der Waals surface area contributed by atoms with E-state index in [0.29, 0.717) is 22.7 Å². The molecule has 0 aliphatic carbocycles. The highest BCUT2D eigenvalue weighted by Gasteiger charge is 2.57. The molecule has 1 amide bonds. The Morgan fingerprint density at radius 2 is 2.03 bits per heavy atom. The van der Waals surface area contributed by atoms with E-state index < -0.39 is 31.3 Å². The fourth-order valence-electron chi connectivity index (χ4n) is 4.55. The van der Waals surface area contributed by atoms with E-state index in [2.05, 4.69) is 22.1 Å². The van der Waals surface area contributed by atoms with Crippen LogP contribution in [0.15, 0.2) is 41.5 Å². The minimum atomic E-state index is -3.68. The van der Waals surface area contributed by atoms with E-state index in [9.17, 15) is 13.2 Å². The molecular weight excluding hydrogens is 480 g/mol. The first-order valence-corrected chi connectivity index (χ1v) is 13.2. The molecule has 0 spiro atoms. The molecular formula is C26H30N4O5S. The van der Waals surface area contributed by atoms with Crippen molar-refractivity contribution in [3.63, 3.8) is 0 Å². The maximum atomic E-state index is 13.5. The van der Waals surface area contributed by atoms with Gasteiger partial charge in [0.05, 0.1) is 18.1 Å². The molecule has 0 fully saturated rings. The molecule has 3 atom stereocenters. The van der Waals surface area contributed by atoms with Crippen LogP contribution in [0.4, 0.5) is 5.69 Å². The number of nitrogens with two attached hydrogens (primary N) is 1. The molecule has 0 unspecified atom stereocenters. The van der Waals surface area contributed by atoms with Gasteiger partial charge in [-0.1, -0.05) is 5.92 Å². The van der Waals surface area contributed by atoms with Gasteiger partial charge in [0.15, 0.2) is 15.9 Å². The number of carbonyl (C=O) groups excluding carboxylic acids is 1. The van der Waals surface area contributed by atoms with Crippen molar-refractivity contribution < 1.29 is 22.7 Å². The van der Waals surface area contributed by atoms with E-state index >= 15 is 0 Å². The topological polar surface area (TPSA) is 133 Å². The van der Waals surface area contributed by atoms with Gasteiger partial charge in [-0.15, -0.1) is 5.92 Å². The average molecular weight is 511 g/mol. The first kappa shape index (κ1) is 25.5. The maximum absolute atomic E-state index is 13.5. The van der Waals surface area contributed by atoms with E-state index in [-0.39, 0.29) is 30.7 Å². The number of nitrogens with zero attached hydrogens (tertiary/aromatic N) is 2. The molecule has 190 valence electrons. The number of aromatic nitrogens is 1. The lowest BCUT2D eigenvalue weighted by molar-refractivity contribution is 0.102. The Morgan fingerprint density at radius 1 is 1.28 bits per heavy atom. The van der Waals surface area contributed by atoms with Crippen LogP contribution in [0.3, 0.4) is 0 Å². The molecule has 3 N–H and O–H groups in total. The molecule has 10 heteroatoms. The number of benzene rings is 1. The lowest BCUT2D eigenvalue weighted by Crippen LogP contribution is -2.59. The second kappa shape index (κ2) is 9.13. The van der Waals surface area contributed by atoms with Crippen molar-refractivity contribution in [1.29, 1.82) is 0 Å². The maximum Gasteiger partial charge on any atom is 0.274 e. The van der Waals surface area contributed by atoms with Crippen molar-refractivity contribution in [2.45, 2.75) is 62.7 Å². The van der Waals surface area contributed by atoms with Crippen LogP contribution < -0.4 is 20.5 Å². The highest BCUT2D eigenvalue weighted by molar-refractivity contribution is 7.94. The molecule has 1 aromatic carbocycles. The van der Waals surface area contributed by atoms with E-state index in [0.717, 1.165) is 0 Å². The monoisotopic (exact) mass is 510 g/mol. The number of amidine groups is 1. The standard InChI is InChI=1S/C26H30N4O5S/c1-6-7-16(2)35-18-9-10-20(28-15-18)23(31)29-17-8-11-21-19(14-17)26(5)22(12-13-34-21)36(32,33)25(3,4)24(27)30-26/h8-11,14-16,22H,12-13H2,1-5H3,(H2,27,30)(H,29,31)/t16-,22+,26+/m0/s1. The van der Waals surface area contributed by atoms with Crippen LogP contribution in [-0.2, 0) is 15.4 Å².